The number of methoxy groups -OCH3 is 1. The molecule has 1 saturated carbocycles. The number of carbonyl (C=O) groups is 1. The van der Waals surface area contributed by atoms with Gasteiger partial charge in [0.25, 0.3) is 0 Å². The van der Waals surface area contributed by atoms with Crippen LogP contribution in [-0.2, 0) is 9.53 Å². The summed E-state index contributed by atoms with van der Waals surface area (Å²) in [6.45, 7) is 2.31. The van der Waals surface area contributed by atoms with Crippen LogP contribution in [-0.4, -0.2) is 67.7 Å². The van der Waals surface area contributed by atoms with Gasteiger partial charge in [0.05, 0.1) is 7.11 Å². The summed E-state index contributed by atoms with van der Waals surface area (Å²) in [6.07, 6.45) is 4.94. The van der Waals surface area contributed by atoms with Gasteiger partial charge >= 0.3 is 5.97 Å². The Morgan fingerprint density at radius 3 is 2.79 bits per heavy atom. The van der Waals surface area contributed by atoms with E-state index in [1.807, 2.05) is 0 Å². The number of likely N-dealkylation sites (tertiary alicyclic amines) is 1. The van der Waals surface area contributed by atoms with E-state index in [1.165, 1.54) is 26.5 Å². The molecule has 0 spiro atoms. The zero-order valence-electron chi connectivity index (χ0n) is 12.4. The largest absolute Gasteiger partial charge is 0.468 e. The van der Waals surface area contributed by atoms with Crippen LogP contribution in [0.4, 0.5) is 0 Å². The van der Waals surface area contributed by atoms with Gasteiger partial charge in [-0.2, -0.15) is 0 Å². The number of ether oxygens (including phenoxy) is 1. The molecule has 0 bridgehead atoms. The quantitative estimate of drug-likeness (QED) is 0.753. The van der Waals surface area contributed by atoms with Gasteiger partial charge in [0, 0.05) is 18.6 Å². The van der Waals surface area contributed by atoms with E-state index in [0.717, 1.165) is 25.8 Å². The predicted molar refractivity (Wildman–Crippen MR) is 74.9 cm³/mol. The summed E-state index contributed by atoms with van der Waals surface area (Å²) in [7, 11) is 5.78. The third-order valence-corrected chi connectivity index (χ3v) is 4.87. The van der Waals surface area contributed by atoms with Crippen molar-refractivity contribution < 1.29 is 9.53 Å². The van der Waals surface area contributed by atoms with Crippen molar-refractivity contribution in [2.45, 2.75) is 49.7 Å². The number of hydrogen-bond donors (Lipinski definition) is 1. The van der Waals surface area contributed by atoms with Crippen LogP contribution in [0.5, 0.6) is 0 Å². The average Bonchev–Trinajstić information content (AvgIpc) is 2.81. The maximum absolute atomic E-state index is 11.8. The van der Waals surface area contributed by atoms with E-state index in [0.29, 0.717) is 12.1 Å². The molecule has 5 heteroatoms. The highest BCUT2D eigenvalue weighted by Gasteiger charge is 2.45. The maximum atomic E-state index is 11.8. The molecular weight excluding hydrogens is 242 g/mol. The van der Waals surface area contributed by atoms with E-state index >= 15 is 0 Å². The fraction of sp³-hybridized carbons (Fsp3) is 0.929. The van der Waals surface area contributed by atoms with Crippen molar-refractivity contribution in [3.63, 3.8) is 0 Å². The molecule has 2 aliphatic rings. The molecular formula is C14H27N3O2. The predicted octanol–water partition coefficient (Wildman–Crippen LogP) is 0.435. The van der Waals surface area contributed by atoms with E-state index in [4.69, 9.17) is 10.5 Å². The first-order chi connectivity index (χ1) is 8.96. The van der Waals surface area contributed by atoms with Crippen LogP contribution in [0.2, 0.25) is 0 Å². The molecule has 2 fully saturated rings. The molecule has 2 N–H and O–H groups in total. The monoisotopic (exact) mass is 269 g/mol. The summed E-state index contributed by atoms with van der Waals surface area (Å²) in [5, 5.41) is 0. The van der Waals surface area contributed by atoms with E-state index in [2.05, 4.69) is 23.9 Å². The first kappa shape index (κ1) is 14.8. The molecule has 3 atom stereocenters. The van der Waals surface area contributed by atoms with Crippen LogP contribution in [0.15, 0.2) is 0 Å². The first-order valence-electron chi connectivity index (χ1n) is 7.24. The van der Waals surface area contributed by atoms with Crippen LogP contribution >= 0.6 is 0 Å². The van der Waals surface area contributed by atoms with Gasteiger partial charge in [0.15, 0.2) is 0 Å². The van der Waals surface area contributed by atoms with Crippen LogP contribution < -0.4 is 5.73 Å². The number of esters is 1. The van der Waals surface area contributed by atoms with Gasteiger partial charge in [0.1, 0.15) is 5.54 Å². The molecule has 2 rings (SSSR count). The zero-order chi connectivity index (χ0) is 14.0. The van der Waals surface area contributed by atoms with E-state index in [1.54, 1.807) is 0 Å². The Morgan fingerprint density at radius 1 is 1.42 bits per heavy atom. The minimum absolute atomic E-state index is 0.260. The Morgan fingerprint density at radius 2 is 2.16 bits per heavy atom. The lowest BCUT2D eigenvalue weighted by Crippen LogP contribution is -2.51. The van der Waals surface area contributed by atoms with Crippen LogP contribution in [0, 0.1) is 0 Å². The highest BCUT2D eigenvalue weighted by atomic mass is 16.5. The van der Waals surface area contributed by atoms with Gasteiger partial charge in [0.2, 0.25) is 0 Å². The molecule has 19 heavy (non-hydrogen) atoms. The minimum Gasteiger partial charge on any atom is -0.468 e. The Bertz CT molecular complexity index is 337. The number of piperidine rings is 1. The highest BCUT2D eigenvalue weighted by Crippen LogP contribution is 2.33. The topological polar surface area (TPSA) is 58.8 Å². The Labute approximate surface area is 116 Å². The van der Waals surface area contributed by atoms with Crippen molar-refractivity contribution in [1.82, 2.24) is 9.80 Å². The number of hydrogen-bond acceptors (Lipinski definition) is 5. The first-order valence-corrected chi connectivity index (χ1v) is 7.24. The molecule has 0 amide bonds. The normalized spacial score (nSPS) is 36.7. The third kappa shape index (κ3) is 3.09. The van der Waals surface area contributed by atoms with Gasteiger partial charge in [-0.1, -0.05) is 0 Å². The van der Waals surface area contributed by atoms with Gasteiger partial charge in [-0.3, -0.25) is 9.69 Å². The average molecular weight is 269 g/mol. The summed E-state index contributed by atoms with van der Waals surface area (Å²) < 4.78 is 4.84. The van der Waals surface area contributed by atoms with Crippen molar-refractivity contribution in [3.05, 3.63) is 0 Å². The highest BCUT2D eigenvalue weighted by molar-refractivity contribution is 5.81. The molecule has 0 aromatic rings. The minimum atomic E-state index is -0.770. The van der Waals surface area contributed by atoms with Gasteiger partial charge < -0.3 is 15.4 Å². The number of nitrogens with zero attached hydrogens (tertiary/aromatic N) is 2. The molecule has 1 saturated heterocycles. The van der Waals surface area contributed by atoms with Crippen LogP contribution in [0.25, 0.3) is 0 Å². The van der Waals surface area contributed by atoms with Crippen molar-refractivity contribution in [2.75, 3.05) is 34.3 Å². The molecule has 5 nitrogen and oxygen atoms in total. The standard InChI is InChI=1S/C14H27N3O2/c1-16-8-4-5-12(10-16)17(2)11-6-7-14(15,9-11)13(18)19-3/h11-12H,4-10,15H2,1-3H3. The van der Waals surface area contributed by atoms with E-state index in [-0.39, 0.29) is 5.97 Å². The second kappa shape index (κ2) is 5.77. The van der Waals surface area contributed by atoms with Crippen LogP contribution in [0.3, 0.4) is 0 Å². The molecule has 0 aromatic heterocycles. The lowest BCUT2D eigenvalue weighted by atomic mass is 9.98. The Kier molecular flexibility index (Phi) is 4.48. The van der Waals surface area contributed by atoms with E-state index in [9.17, 15) is 4.79 Å². The molecule has 1 aliphatic heterocycles. The number of carbonyl (C=O) groups excluding carboxylic acids is 1. The fourth-order valence-electron chi connectivity index (χ4n) is 3.55. The fourth-order valence-corrected chi connectivity index (χ4v) is 3.55. The zero-order valence-corrected chi connectivity index (χ0v) is 12.4. The lowest BCUT2D eigenvalue weighted by molar-refractivity contribution is -0.147. The molecule has 1 aliphatic carbocycles. The SMILES string of the molecule is COC(=O)C1(N)CCC(N(C)C2CCCN(C)C2)C1. The maximum Gasteiger partial charge on any atom is 0.325 e. The van der Waals surface area contributed by atoms with Crippen molar-refractivity contribution in [3.8, 4) is 0 Å². The molecule has 3 unspecified atom stereocenters. The lowest BCUT2D eigenvalue weighted by Gasteiger charge is -2.39. The number of rotatable bonds is 3. The molecule has 0 radical (unpaired) electrons. The molecule has 0 aromatic carbocycles. The Balaban J connectivity index is 1.94. The van der Waals surface area contributed by atoms with Crippen molar-refractivity contribution in [1.29, 1.82) is 0 Å². The molecule has 1 heterocycles. The Hall–Kier alpha value is -0.650. The van der Waals surface area contributed by atoms with Crippen molar-refractivity contribution >= 4 is 5.97 Å². The summed E-state index contributed by atoms with van der Waals surface area (Å²) in [5.41, 5.74) is 5.42. The van der Waals surface area contributed by atoms with E-state index < -0.39 is 5.54 Å². The summed E-state index contributed by atoms with van der Waals surface area (Å²) >= 11 is 0. The second-order valence-corrected chi connectivity index (χ2v) is 6.27. The van der Waals surface area contributed by atoms with Gasteiger partial charge in [-0.05, 0) is 52.7 Å². The van der Waals surface area contributed by atoms with Gasteiger partial charge in [-0.25, -0.2) is 0 Å². The van der Waals surface area contributed by atoms with Crippen LogP contribution in [0.1, 0.15) is 32.1 Å². The number of likely N-dealkylation sites (N-methyl/N-ethyl adjacent to an activating group) is 2. The summed E-state index contributed by atoms with van der Waals surface area (Å²) in [5.74, 6) is -0.260. The number of nitrogens with two attached hydrogens (primary N) is 1. The summed E-state index contributed by atoms with van der Waals surface area (Å²) in [4.78, 5) is 16.6. The second-order valence-electron chi connectivity index (χ2n) is 6.27. The summed E-state index contributed by atoms with van der Waals surface area (Å²) in [6, 6.07) is 0.990. The molecule has 110 valence electrons. The third-order valence-electron chi connectivity index (χ3n) is 4.87. The van der Waals surface area contributed by atoms with Crippen molar-refractivity contribution in [2.24, 2.45) is 5.73 Å². The van der Waals surface area contributed by atoms with Gasteiger partial charge in [-0.15, -0.1) is 0 Å². The smallest absolute Gasteiger partial charge is 0.325 e.